The van der Waals surface area contributed by atoms with Crippen molar-refractivity contribution >= 4 is 17.3 Å². The molecule has 1 aromatic heterocycles. The van der Waals surface area contributed by atoms with Gasteiger partial charge in [-0.2, -0.15) is 0 Å². The van der Waals surface area contributed by atoms with Crippen molar-refractivity contribution in [3.63, 3.8) is 0 Å². The van der Waals surface area contributed by atoms with E-state index in [-0.39, 0.29) is 24.7 Å². The molecule has 9 nitrogen and oxygen atoms in total. The van der Waals surface area contributed by atoms with Gasteiger partial charge in [0, 0.05) is 45.5 Å². The first-order valence-electron chi connectivity index (χ1n) is 9.29. The molecule has 0 aliphatic rings. The maximum absolute atomic E-state index is 12.0. The number of carbonyl (C=O) groups is 1. The molecule has 2 rings (SSSR count). The van der Waals surface area contributed by atoms with Crippen LogP contribution in [0.4, 0.5) is 11.4 Å². The van der Waals surface area contributed by atoms with Crippen LogP contribution >= 0.6 is 0 Å². The second-order valence-corrected chi connectivity index (χ2v) is 6.51. The molecular weight excluding hydrogens is 376 g/mol. The number of nitrogen functional groups attached to an aromatic ring is 1. The Kier molecular flexibility index (Phi) is 8.50. The van der Waals surface area contributed by atoms with E-state index >= 15 is 0 Å². The van der Waals surface area contributed by atoms with Gasteiger partial charge < -0.3 is 35.1 Å². The number of aromatic nitrogens is 1. The molecule has 1 amide bonds. The Labute approximate surface area is 169 Å². The van der Waals surface area contributed by atoms with Crippen LogP contribution in [0.2, 0.25) is 0 Å². The first-order valence-corrected chi connectivity index (χ1v) is 9.29. The highest BCUT2D eigenvalue weighted by Crippen LogP contribution is 2.24. The number of aliphatic hydroxyl groups excluding tert-OH is 1. The Morgan fingerprint density at radius 3 is 2.72 bits per heavy atom. The van der Waals surface area contributed by atoms with Crippen LogP contribution in [0.25, 0.3) is 0 Å². The minimum Gasteiger partial charge on any atom is -0.491 e. The van der Waals surface area contributed by atoms with Gasteiger partial charge in [-0.15, -0.1) is 0 Å². The van der Waals surface area contributed by atoms with Gasteiger partial charge in [-0.1, -0.05) is 0 Å². The molecule has 0 aliphatic heterocycles. The lowest BCUT2D eigenvalue weighted by Gasteiger charge is -2.13. The van der Waals surface area contributed by atoms with E-state index in [1.807, 2.05) is 0 Å². The fourth-order valence-corrected chi connectivity index (χ4v) is 2.56. The van der Waals surface area contributed by atoms with Crippen molar-refractivity contribution in [2.75, 3.05) is 58.1 Å². The number of aliphatic hydroxyl groups is 1. The highest BCUT2D eigenvalue weighted by atomic mass is 16.5. The Hall–Kier alpha value is -3.04. The summed E-state index contributed by atoms with van der Waals surface area (Å²) in [5, 5.41) is 12.0. The molecule has 0 saturated carbocycles. The van der Waals surface area contributed by atoms with Crippen molar-refractivity contribution in [1.29, 1.82) is 0 Å². The number of amides is 1. The number of nitrogens with zero attached hydrogens (tertiary/aromatic N) is 2. The largest absolute Gasteiger partial charge is 0.491 e. The lowest BCUT2D eigenvalue weighted by atomic mass is 10.2. The van der Waals surface area contributed by atoms with Gasteiger partial charge >= 0.3 is 0 Å². The van der Waals surface area contributed by atoms with Crippen LogP contribution in [-0.2, 0) is 11.3 Å². The minimum atomic E-state index is -0.186. The maximum atomic E-state index is 12.0. The second-order valence-electron chi connectivity index (χ2n) is 6.51. The quantitative estimate of drug-likeness (QED) is 0.371. The number of rotatable bonds is 11. The van der Waals surface area contributed by atoms with Gasteiger partial charge in [0.25, 0.3) is 11.5 Å². The highest BCUT2D eigenvalue weighted by molar-refractivity contribution is 5.93. The van der Waals surface area contributed by atoms with Gasteiger partial charge in [0.05, 0.1) is 36.8 Å². The molecule has 2 aromatic rings. The standard InChI is InChI=1S/C20H28N4O5/c1-23(2)20(27)15-3-6-19(26)24(14-15)8-11-28-10-7-22-18-13-16(29-12-9-25)4-5-17(18)21/h3-6,13-14,22,25H,7-12,21H2,1-2H3. The van der Waals surface area contributed by atoms with Crippen LogP contribution in [-0.4, -0.2) is 67.5 Å². The van der Waals surface area contributed by atoms with Crippen molar-refractivity contribution in [2.24, 2.45) is 0 Å². The first kappa shape index (κ1) is 22.3. The van der Waals surface area contributed by atoms with Crippen LogP contribution in [0, 0.1) is 0 Å². The van der Waals surface area contributed by atoms with Crippen LogP contribution < -0.4 is 21.3 Å². The van der Waals surface area contributed by atoms with Crippen molar-refractivity contribution in [3.05, 3.63) is 52.4 Å². The monoisotopic (exact) mass is 404 g/mol. The molecule has 0 fully saturated rings. The van der Waals surface area contributed by atoms with E-state index in [2.05, 4.69) is 5.32 Å². The molecule has 1 aromatic carbocycles. The van der Waals surface area contributed by atoms with Crippen LogP contribution in [0.3, 0.4) is 0 Å². The van der Waals surface area contributed by atoms with Gasteiger partial charge in [-0.25, -0.2) is 0 Å². The second kappa shape index (κ2) is 11.1. The topological polar surface area (TPSA) is 119 Å². The van der Waals surface area contributed by atoms with E-state index in [0.29, 0.717) is 43.3 Å². The number of pyridine rings is 1. The molecule has 4 N–H and O–H groups in total. The van der Waals surface area contributed by atoms with E-state index in [1.165, 1.54) is 21.6 Å². The minimum absolute atomic E-state index is 0.0592. The Bertz CT molecular complexity index is 866. The van der Waals surface area contributed by atoms with Gasteiger partial charge in [-0.05, 0) is 18.2 Å². The van der Waals surface area contributed by atoms with E-state index in [9.17, 15) is 9.59 Å². The molecule has 0 unspecified atom stereocenters. The third-order valence-corrected chi connectivity index (χ3v) is 4.06. The van der Waals surface area contributed by atoms with Crippen LogP contribution in [0.1, 0.15) is 10.4 Å². The number of anilines is 2. The Morgan fingerprint density at radius 2 is 2.00 bits per heavy atom. The lowest BCUT2D eigenvalue weighted by molar-refractivity contribution is 0.0826. The van der Waals surface area contributed by atoms with Gasteiger partial charge in [-0.3, -0.25) is 9.59 Å². The lowest BCUT2D eigenvalue weighted by Crippen LogP contribution is -2.27. The predicted octanol–water partition coefficient (Wildman–Crippen LogP) is 0.632. The normalized spacial score (nSPS) is 10.6. The number of ether oxygens (including phenoxy) is 2. The zero-order chi connectivity index (χ0) is 21.2. The fraction of sp³-hybridized carbons (Fsp3) is 0.400. The summed E-state index contributed by atoms with van der Waals surface area (Å²) in [6.07, 6.45) is 1.55. The smallest absolute Gasteiger partial charge is 0.254 e. The van der Waals surface area contributed by atoms with Crippen molar-refractivity contribution in [2.45, 2.75) is 6.54 Å². The van der Waals surface area contributed by atoms with Gasteiger partial charge in [0.15, 0.2) is 0 Å². The summed E-state index contributed by atoms with van der Waals surface area (Å²) in [5.74, 6) is 0.454. The van der Waals surface area contributed by atoms with Crippen LogP contribution in [0.15, 0.2) is 41.3 Å². The molecule has 0 radical (unpaired) electrons. The Morgan fingerprint density at radius 1 is 1.21 bits per heavy atom. The number of nitrogens with one attached hydrogen (secondary N) is 1. The van der Waals surface area contributed by atoms with Crippen molar-refractivity contribution in [1.82, 2.24) is 9.47 Å². The molecule has 0 bridgehead atoms. The average molecular weight is 404 g/mol. The molecule has 0 aliphatic carbocycles. The average Bonchev–Trinajstić information content (AvgIpc) is 2.71. The number of hydrogen-bond acceptors (Lipinski definition) is 7. The zero-order valence-electron chi connectivity index (χ0n) is 16.8. The van der Waals surface area contributed by atoms with Crippen LogP contribution in [0.5, 0.6) is 5.75 Å². The molecule has 1 heterocycles. The summed E-state index contributed by atoms with van der Waals surface area (Å²) in [7, 11) is 3.32. The van der Waals surface area contributed by atoms with Crippen molar-refractivity contribution < 1.29 is 19.4 Å². The SMILES string of the molecule is CN(C)C(=O)c1ccc(=O)n(CCOCCNc2cc(OCCO)ccc2N)c1. The third kappa shape index (κ3) is 6.81. The molecule has 9 heteroatoms. The summed E-state index contributed by atoms with van der Waals surface area (Å²) in [4.78, 5) is 25.4. The van der Waals surface area contributed by atoms with E-state index in [4.69, 9.17) is 20.3 Å². The van der Waals surface area contributed by atoms with E-state index < -0.39 is 0 Å². The fourth-order valence-electron chi connectivity index (χ4n) is 2.56. The summed E-state index contributed by atoms with van der Waals surface area (Å²) < 4.78 is 12.4. The number of hydrogen-bond donors (Lipinski definition) is 3. The van der Waals surface area contributed by atoms with Gasteiger partial charge in [0.2, 0.25) is 0 Å². The number of carbonyl (C=O) groups excluding carboxylic acids is 1. The molecule has 158 valence electrons. The Balaban J connectivity index is 1.78. The van der Waals surface area contributed by atoms with E-state index in [1.54, 1.807) is 38.5 Å². The van der Waals surface area contributed by atoms with Gasteiger partial charge in [0.1, 0.15) is 12.4 Å². The summed E-state index contributed by atoms with van der Waals surface area (Å²) >= 11 is 0. The third-order valence-electron chi connectivity index (χ3n) is 4.06. The summed E-state index contributed by atoms with van der Waals surface area (Å²) in [6, 6.07) is 8.13. The first-order chi connectivity index (χ1) is 13.9. The molecule has 0 saturated heterocycles. The molecule has 0 atom stereocenters. The van der Waals surface area contributed by atoms with Crippen molar-refractivity contribution in [3.8, 4) is 5.75 Å². The maximum Gasteiger partial charge on any atom is 0.254 e. The summed E-state index contributed by atoms with van der Waals surface area (Å²) in [6.45, 7) is 1.76. The number of nitrogens with two attached hydrogens (primary N) is 1. The highest BCUT2D eigenvalue weighted by Gasteiger charge is 2.09. The zero-order valence-corrected chi connectivity index (χ0v) is 16.8. The molecule has 29 heavy (non-hydrogen) atoms. The molecular formula is C20H28N4O5. The molecule has 0 spiro atoms. The number of benzene rings is 1. The predicted molar refractivity (Wildman–Crippen MR) is 111 cm³/mol. The summed E-state index contributed by atoms with van der Waals surface area (Å²) in [5.41, 5.74) is 7.50. The van der Waals surface area contributed by atoms with E-state index in [0.717, 1.165) is 5.69 Å².